The Labute approximate surface area is 183 Å². The summed E-state index contributed by atoms with van der Waals surface area (Å²) in [5.74, 6) is -0.0928. The fourth-order valence-corrected chi connectivity index (χ4v) is 4.49. The maximum Gasteiger partial charge on any atom is 0.261 e. The fourth-order valence-electron chi connectivity index (χ4n) is 4.49. The number of rotatable bonds is 7. The number of piperidine rings is 1. The molecule has 0 aromatic heterocycles. The number of amides is 3. The van der Waals surface area contributed by atoms with E-state index in [-0.39, 0.29) is 30.7 Å². The second-order valence-electron chi connectivity index (χ2n) is 8.59. The zero-order chi connectivity index (χ0) is 21.8. The zero-order valence-electron chi connectivity index (χ0n) is 18.0. The first-order valence-electron chi connectivity index (χ1n) is 11.0. The monoisotopic (exact) mass is 419 g/mol. The van der Waals surface area contributed by atoms with E-state index >= 15 is 0 Å². The first-order chi connectivity index (χ1) is 15.0. The van der Waals surface area contributed by atoms with Gasteiger partial charge in [0.1, 0.15) is 0 Å². The van der Waals surface area contributed by atoms with Crippen LogP contribution in [0.4, 0.5) is 0 Å². The first-order valence-corrected chi connectivity index (χ1v) is 11.0. The van der Waals surface area contributed by atoms with Crippen molar-refractivity contribution in [2.75, 3.05) is 19.6 Å². The highest BCUT2D eigenvalue weighted by Gasteiger charge is 2.34. The van der Waals surface area contributed by atoms with Crippen LogP contribution in [0.5, 0.6) is 0 Å². The predicted octanol–water partition coefficient (Wildman–Crippen LogP) is 3.22. The lowest BCUT2D eigenvalue weighted by atomic mass is 9.99. The largest absolute Gasteiger partial charge is 0.352 e. The van der Waals surface area contributed by atoms with Crippen molar-refractivity contribution in [3.05, 3.63) is 70.8 Å². The molecule has 3 amide bonds. The van der Waals surface area contributed by atoms with Gasteiger partial charge in [-0.25, -0.2) is 0 Å². The normalized spacial score (nSPS) is 18.9. The third-order valence-corrected chi connectivity index (χ3v) is 6.17. The van der Waals surface area contributed by atoms with Gasteiger partial charge in [-0.2, -0.15) is 0 Å². The lowest BCUT2D eigenvalue weighted by Crippen LogP contribution is -2.35. The van der Waals surface area contributed by atoms with Crippen LogP contribution in [0.1, 0.15) is 58.0 Å². The molecule has 2 aromatic rings. The molecule has 0 unspecified atom stereocenters. The predicted molar refractivity (Wildman–Crippen MR) is 118 cm³/mol. The van der Waals surface area contributed by atoms with Gasteiger partial charge < -0.3 is 5.32 Å². The lowest BCUT2D eigenvalue weighted by Gasteiger charge is -2.31. The average Bonchev–Trinajstić information content (AvgIpc) is 3.02. The summed E-state index contributed by atoms with van der Waals surface area (Å²) in [6.45, 7) is 5.95. The second kappa shape index (κ2) is 9.43. The minimum atomic E-state index is -0.325. The highest BCUT2D eigenvalue weighted by Crippen LogP contribution is 2.22. The zero-order valence-corrected chi connectivity index (χ0v) is 18.0. The van der Waals surface area contributed by atoms with E-state index in [1.807, 2.05) is 18.2 Å². The third kappa shape index (κ3) is 4.85. The molecule has 31 heavy (non-hydrogen) atoms. The van der Waals surface area contributed by atoms with Crippen LogP contribution >= 0.6 is 0 Å². The van der Waals surface area contributed by atoms with Gasteiger partial charge in [-0.15, -0.1) is 0 Å². The molecule has 2 aliphatic heterocycles. The molecule has 2 aromatic carbocycles. The molecule has 0 radical (unpaired) electrons. The molecule has 4 rings (SSSR count). The number of nitrogens with one attached hydrogen (secondary N) is 1. The van der Waals surface area contributed by atoms with Crippen molar-refractivity contribution >= 4 is 17.7 Å². The van der Waals surface area contributed by atoms with Crippen molar-refractivity contribution in [1.82, 2.24) is 15.1 Å². The number of hydrogen-bond donors (Lipinski definition) is 1. The van der Waals surface area contributed by atoms with E-state index in [2.05, 4.69) is 23.2 Å². The summed E-state index contributed by atoms with van der Waals surface area (Å²) in [5.41, 5.74) is 3.16. The standard InChI is InChI=1S/C25H29N3O3/c1-18-7-6-13-27(16-18)17-20-9-3-2-8-19(20)15-26-23(29)12-14-28-24(30)21-10-4-5-11-22(21)25(28)31/h2-5,8-11,18H,6-7,12-17H2,1H3,(H,26,29)/t18-/m0/s1. The average molecular weight is 420 g/mol. The van der Waals surface area contributed by atoms with E-state index in [0.717, 1.165) is 36.0 Å². The SMILES string of the molecule is C[C@H]1CCCN(Cc2ccccc2CNC(=O)CCN2C(=O)c3ccccc3C2=O)C1. The van der Waals surface area contributed by atoms with Gasteiger partial charge in [0.2, 0.25) is 5.91 Å². The molecule has 2 heterocycles. The van der Waals surface area contributed by atoms with Crippen molar-refractivity contribution in [1.29, 1.82) is 0 Å². The molecular weight excluding hydrogens is 390 g/mol. The Kier molecular flexibility index (Phi) is 6.47. The molecule has 0 spiro atoms. The molecule has 0 aliphatic carbocycles. The van der Waals surface area contributed by atoms with Gasteiger partial charge in [-0.1, -0.05) is 43.3 Å². The van der Waals surface area contributed by atoms with Crippen molar-refractivity contribution in [3.8, 4) is 0 Å². The topological polar surface area (TPSA) is 69.7 Å². The Morgan fingerprint density at radius 1 is 1.00 bits per heavy atom. The fraction of sp³-hybridized carbons (Fsp3) is 0.400. The molecule has 1 atom stereocenters. The number of benzene rings is 2. The lowest BCUT2D eigenvalue weighted by molar-refractivity contribution is -0.121. The molecular formula is C25H29N3O3. The number of hydrogen-bond acceptors (Lipinski definition) is 4. The van der Waals surface area contributed by atoms with E-state index in [9.17, 15) is 14.4 Å². The van der Waals surface area contributed by atoms with Gasteiger partial charge >= 0.3 is 0 Å². The maximum atomic E-state index is 12.4. The quantitative estimate of drug-likeness (QED) is 0.700. The van der Waals surface area contributed by atoms with Crippen LogP contribution < -0.4 is 5.32 Å². The van der Waals surface area contributed by atoms with Crippen molar-refractivity contribution in [2.45, 2.75) is 39.3 Å². The van der Waals surface area contributed by atoms with Gasteiger partial charge in [0.15, 0.2) is 0 Å². The summed E-state index contributed by atoms with van der Waals surface area (Å²) in [7, 11) is 0. The van der Waals surface area contributed by atoms with E-state index in [1.165, 1.54) is 18.4 Å². The minimum Gasteiger partial charge on any atom is -0.352 e. The second-order valence-corrected chi connectivity index (χ2v) is 8.59. The molecule has 0 bridgehead atoms. The smallest absolute Gasteiger partial charge is 0.261 e. The summed E-state index contributed by atoms with van der Waals surface area (Å²) >= 11 is 0. The first kappa shape index (κ1) is 21.2. The number of nitrogens with zero attached hydrogens (tertiary/aromatic N) is 2. The summed E-state index contributed by atoms with van der Waals surface area (Å²) in [4.78, 5) is 40.9. The Morgan fingerprint density at radius 2 is 1.65 bits per heavy atom. The molecule has 1 N–H and O–H groups in total. The molecule has 1 saturated heterocycles. The Bertz CT molecular complexity index is 952. The van der Waals surface area contributed by atoms with Gasteiger partial charge in [-0.05, 0) is 48.6 Å². The van der Waals surface area contributed by atoms with Gasteiger partial charge in [0.25, 0.3) is 11.8 Å². The van der Waals surface area contributed by atoms with Crippen LogP contribution in [0.3, 0.4) is 0 Å². The third-order valence-electron chi connectivity index (χ3n) is 6.17. The van der Waals surface area contributed by atoms with E-state index < -0.39 is 0 Å². The van der Waals surface area contributed by atoms with E-state index in [4.69, 9.17) is 0 Å². The van der Waals surface area contributed by atoms with Crippen molar-refractivity contribution < 1.29 is 14.4 Å². The molecule has 6 heteroatoms. The van der Waals surface area contributed by atoms with E-state index in [0.29, 0.717) is 17.7 Å². The number of carbonyl (C=O) groups is 3. The van der Waals surface area contributed by atoms with Crippen LogP contribution in [-0.4, -0.2) is 47.2 Å². The number of imide groups is 1. The van der Waals surface area contributed by atoms with Gasteiger partial charge in [0.05, 0.1) is 11.1 Å². The van der Waals surface area contributed by atoms with E-state index in [1.54, 1.807) is 24.3 Å². The maximum absolute atomic E-state index is 12.4. The summed E-state index contributed by atoms with van der Waals surface area (Å²) < 4.78 is 0. The number of carbonyl (C=O) groups excluding carboxylic acids is 3. The summed E-state index contributed by atoms with van der Waals surface area (Å²) in [5, 5.41) is 2.95. The van der Waals surface area contributed by atoms with Gasteiger partial charge in [0, 0.05) is 32.6 Å². The van der Waals surface area contributed by atoms with Crippen LogP contribution in [0.2, 0.25) is 0 Å². The van der Waals surface area contributed by atoms with Crippen LogP contribution in [0.15, 0.2) is 48.5 Å². The Balaban J connectivity index is 1.30. The molecule has 1 fully saturated rings. The van der Waals surface area contributed by atoms with Crippen molar-refractivity contribution in [3.63, 3.8) is 0 Å². The Morgan fingerprint density at radius 3 is 2.32 bits per heavy atom. The summed E-state index contributed by atoms with van der Waals surface area (Å²) in [6, 6.07) is 15.0. The molecule has 162 valence electrons. The van der Waals surface area contributed by atoms with Crippen LogP contribution in [0.25, 0.3) is 0 Å². The summed E-state index contributed by atoms with van der Waals surface area (Å²) in [6.07, 6.45) is 2.62. The minimum absolute atomic E-state index is 0.0888. The van der Waals surface area contributed by atoms with Crippen LogP contribution in [0, 0.1) is 5.92 Å². The molecule has 2 aliphatic rings. The number of likely N-dealkylation sites (tertiary alicyclic amines) is 1. The van der Waals surface area contributed by atoms with Crippen molar-refractivity contribution in [2.24, 2.45) is 5.92 Å². The van der Waals surface area contributed by atoms with Gasteiger partial charge in [-0.3, -0.25) is 24.2 Å². The van der Waals surface area contributed by atoms with Crippen LogP contribution in [-0.2, 0) is 17.9 Å². The molecule has 0 saturated carbocycles. The number of fused-ring (bicyclic) bond motifs is 1. The molecule has 6 nitrogen and oxygen atoms in total. The highest BCUT2D eigenvalue weighted by atomic mass is 16.2. The Hall–Kier alpha value is -2.99. The highest BCUT2D eigenvalue weighted by molar-refractivity contribution is 6.21.